The summed E-state index contributed by atoms with van der Waals surface area (Å²) >= 11 is 0. The van der Waals surface area contributed by atoms with E-state index in [9.17, 15) is 0 Å². The van der Waals surface area contributed by atoms with Gasteiger partial charge < -0.3 is 10.6 Å². The molecule has 1 aliphatic carbocycles. The van der Waals surface area contributed by atoms with Crippen LogP contribution in [0.5, 0.6) is 0 Å². The van der Waals surface area contributed by atoms with Gasteiger partial charge in [-0.3, -0.25) is 0 Å². The average Bonchev–Trinajstić information content (AvgIpc) is 3.23. The van der Waals surface area contributed by atoms with E-state index in [-0.39, 0.29) is 5.41 Å². The van der Waals surface area contributed by atoms with Gasteiger partial charge in [0.15, 0.2) is 5.82 Å². The van der Waals surface area contributed by atoms with E-state index < -0.39 is 0 Å². The van der Waals surface area contributed by atoms with Crippen LogP contribution >= 0.6 is 0 Å². The van der Waals surface area contributed by atoms with Crippen LogP contribution in [0.15, 0.2) is 30.5 Å². The first kappa shape index (κ1) is 13.8. The smallest absolute Gasteiger partial charge is 0.249 e. The van der Waals surface area contributed by atoms with Crippen LogP contribution in [0.4, 0.5) is 17.5 Å². The van der Waals surface area contributed by atoms with Gasteiger partial charge in [0.1, 0.15) is 0 Å². The number of benzene rings is 1. The Morgan fingerprint density at radius 1 is 1.10 bits per heavy atom. The molecule has 1 fully saturated rings. The SMILES string of the molecule is CC(C)(C)c1ccc(Nc2nncc(NC3CC3)n2)cc1. The number of nitrogens with zero attached hydrogens (tertiary/aromatic N) is 3. The third-order valence-electron chi connectivity index (χ3n) is 3.50. The van der Waals surface area contributed by atoms with Crippen LogP contribution in [0.3, 0.4) is 0 Å². The average molecular weight is 283 g/mol. The fourth-order valence-corrected chi connectivity index (χ4v) is 2.05. The molecule has 21 heavy (non-hydrogen) atoms. The molecule has 3 rings (SSSR count). The van der Waals surface area contributed by atoms with Gasteiger partial charge in [0.2, 0.25) is 5.95 Å². The predicted molar refractivity (Wildman–Crippen MR) is 84.9 cm³/mol. The van der Waals surface area contributed by atoms with Crippen LogP contribution in [0.25, 0.3) is 0 Å². The van der Waals surface area contributed by atoms with E-state index in [2.05, 4.69) is 58.7 Å². The van der Waals surface area contributed by atoms with Crippen LogP contribution in [0.2, 0.25) is 0 Å². The summed E-state index contributed by atoms with van der Waals surface area (Å²) in [5.74, 6) is 1.30. The Labute approximate surface area is 125 Å². The Morgan fingerprint density at radius 2 is 1.81 bits per heavy atom. The zero-order valence-electron chi connectivity index (χ0n) is 12.7. The highest BCUT2D eigenvalue weighted by Crippen LogP contribution is 2.25. The summed E-state index contributed by atoms with van der Waals surface area (Å²) in [6.07, 6.45) is 4.08. The minimum atomic E-state index is 0.157. The van der Waals surface area contributed by atoms with Crippen molar-refractivity contribution in [2.24, 2.45) is 0 Å². The first-order valence-corrected chi connectivity index (χ1v) is 7.34. The maximum absolute atomic E-state index is 4.42. The topological polar surface area (TPSA) is 62.7 Å². The Balaban J connectivity index is 1.70. The third-order valence-corrected chi connectivity index (χ3v) is 3.50. The highest BCUT2D eigenvalue weighted by Gasteiger charge is 2.21. The maximum atomic E-state index is 4.42. The molecule has 0 aliphatic heterocycles. The van der Waals surface area contributed by atoms with Gasteiger partial charge in [-0.05, 0) is 36.0 Å². The van der Waals surface area contributed by atoms with Crippen molar-refractivity contribution in [3.63, 3.8) is 0 Å². The number of nitrogens with one attached hydrogen (secondary N) is 2. The van der Waals surface area contributed by atoms with Gasteiger partial charge in [0, 0.05) is 11.7 Å². The lowest BCUT2D eigenvalue weighted by atomic mass is 9.87. The normalized spacial score (nSPS) is 14.8. The molecule has 2 aromatic rings. The van der Waals surface area contributed by atoms with Crippen molar-refractivity contribution >= 4 is 17.5 Å². The Kier molecular flexibility index (Phi) is 3.49. The first-order chi connectivity index (χ1) is 10.0. The van der Waals surface area contributed by atoms with E-state index in [0.29, 0.717) is 12.0 Å². The molecule has 110 valence electrons. The summed E-state index contributed by atoms with van der Waals surface area (Å²) in [7, 11) is 0. The van der Waals surface area contributed by atoms with Gasteiger partial charge in [-0.2, -0.15) is 10.1 Å². The molecule has 0 radical (unpaired) electrons. The van der Waals surface area contributed by atoms with Crippen molar-refractivity contribution in [1.82, 2.24) is 15.2 Å². The highest BCUT2D eigenvalue weighted by molar-refractivity contribution is 5.55. The fraction of sp³-hybridized carbons (Fsp3) is 0.438. The second-order valence-electron chi connectivity index (χ2n) is 6.54. The third kappa shape index (κ3) is 3.68. The zero-order valence-corrected chi connectivity index (χ0v) is 12.7. The second-order valence-corrected chi connectivity index (χ2v) is 6.54. The molecule has 5 nitrogen and oxygen atoms in total. The van der Waals surface area contributed by atoms with Gasteiger partial charge in [-0.25, -0.2) is 0 Å². The van der Waals surface area contributed by atoms with Crippen LogP contribution in [-0.4, -0.2) is 21.2 Å². The molecule has 0 atom stereocenters. The number of rotatable bonds is 4. The Hall–Kier alpha value is -2.17. The van der Waals surface area contributed by atoms with Crippen LogP contribution in [0, 0.1) is 0 Å². The van der Waals surface area contributed by atoms with Crippen molar-refractivity contribution in [3.05, 3.63) is 36.0 Å². The van der Waals surface area contributed by atoms with Crippen molar-refractivity contribution in [2.75, 3.05) is 10.6 Å². The van der Waals surface area contributed by atoms with Gasteiger partial charge in [0.05, 0.1) is 6.20 Å². The van der Waals surface area contributed by atoms with E-state index in [1.54, 1.807) is 6.20 Å². The molecule has 1 aliphatic rings. The van der Waals surface area contributed by atoms with Crippen molar-refractivity contribution < 1.29 is 0 Å². The maximum Gasteiger partial charge on any atom is 0.249 e. The number of hydrogen-bond donors (Lipinski definition) is 2. The molecule has 1 heterocycles. The Bertz CT molecular complexity index is 611. The van der Waals surface area contributed by atoms with E-state index in [1.807, 2.05) is 12.1 Å². The molecule has 0 saturated heterocycles. The summed E-state index contributed by atoms with van der Waals surface area (Å²) in [5, 5.41) is 14.5. The van der Waals surface area contributed by atoms with E-state index in [1.165, 1.54) is 18.4 Å². The molecule has 1 aromatic heterocycles. The Morgan fingerprint density at radius 3 is 2.43 bits per heavy atom. The van der Waals surface area contributed by atoms with Crippen molar-refractivity contribution in [2.45, 2.75) is 45.1 Å². The van der Waals surface area contributed by atoms with E-state index in [0.717, 1.165) is 11.5 Å². The molecule has 1 saturated carbocycles. The number of hydrogen-bond acceptors (Lipinski definition) is 5. The van der Waals surface area contributed by atoms with Crippen LogP contribution in [0.1, 0.15) is 39.2 Å². The molecule has 1 aromatic carbocycles. The summed E-state index contributed by atoms with van der Waals surface area (Å²) in [6, 6.07) is 8.90. The van der Waals surface area contributed by atoms with Crippen LogP contribution < -0.4 is 10.6 Å². The van der Waals surface area contributed by atoms with Gasteiger partial charge in [-0.1, -0.05) is 32.9 Å². The lowest BCUT2D eigenvalue weighted by Gasteiger charge is -2.19. The van der Waals surface area contributed by atoms with Crippen molar-refractivity contribution in [1.29, 1.82) is 0 Å². The predicted octanol–water partition coefficient (Wildman–Crippen LogP) is 3.49. The number of anilines is 3. The summed E-state index contributed by atoms with van der Waals surface area (Å²) < 4.78 is 0. The van der Waals surface area contributed by atoms with Gasteiger partial charge >= 0.3 is 0 Å². The second kappa shape index (κ2) is 5.31. The minimum Gasteiger partial charge on any atom is -0.366 e. The van der Waals surface area contributed by atoms with Crippen LogP contribution in [-0.2, 0) is 5.41 Å². The first-order valence-electron chi connectivity index (χ1n) is 7.34. The summed E-state index contributed by atoms with van der Waals surface area (Å²) in [5.41, 5.74) is 2.43. The summed E-state index contributed by atoms with van der Waals surface area (Å²) in [6.45, 7) is 6.61. The quantitative estimate of drug-likeness (QED) is 0.899. The largest absolute Gasteiger partial charge is 0.366 e. The van der Waals surface area contributed by atoms with Gasteiger partial charge in [0.25, 0.3) is 0 Å². The molecule has 0 amide bonds. The molecule has 5 heteroatoms. The van der Waals surface area contributed by atoms with Crippen molar-refractivity contribution in [3.8, 4) is 0 Å². The van der Waals surface area contributed by atoms with Gasteiger partial charge in [-0.15, -0.1) is 5.10 Å². The molecule has 0 unspecified atom stereocenters. The standard InChI is InChI=1S/C16H21N5/c1-16(2,3)11-4-6-13(7-5-11)19-15-20-14(10-17-21-15)18-12-8-9-12/h4-7,10,12H,8-9H2,1-3H3,(H2,18,19,20,21). The molecule has 0 spiro atoms. The monoisotopic (exact) mass is 283 g/mol. The van der Waals surface area contributed by atoms with E-state index >= 15 is 0 Å². The number of aromatic nitrogens is 3. The zero-order chi connectivity index (χ0) is 14.9. The lowest BCUT2D eigenvalue weighted by molar-refractivity contribution is 0.590. The molecule has 0 bridgehead atoms. The highest BCUT2D eigenvalue weighted by atomic mass is 15.3. The molecular formula is C16H21N5. The molecular weight excluding hydrogens is 262 g/mol. The molecule has 2 N–H and O–H groups in total. The lowest BCUT2D eigenvalue weighted by Crippen LogP contribution is -2.10. The van der Waals surface area contributed by atoms with E-state index in [4.69, 9.17) is 0 Å². The fourth-order valence-electron chi connectivity index (χ4n) is 2.05. The summed E-state index contributed by atoms with van der Waals surface area (Å²) in [4.78, 5) is 4.42. The minimum absolute atomic E-state index is 0.157.